The Morgan fingerprint density at radius 2 is 1.81 bits per heavy atom. The average Bonchev–Trinajstić information content (AvgIpc) is 2.69. The monoisotopic (exact) mass is 343 g/mol. The second-order valence-electron chi connectivity index (χ2n) is 6.62. The SMILES string of the molecule is C[C@H]1C[C@@H](Nc2ccccc2)c2ccccc2N1C(=O)c1cccnc1. The maximum atomic E-state index is 13.1. The first-order valence-electron chi connectivity index (χ1n) is 8.88. The van der Waals surface area contributed by atoms with Crippen molar-refractivity contribution in [1.29, 1.82) is 0 Å². The van der Waals surface area contributed by atoms with Crippen LogP contribution in [-0.2, 0) is 0 Å². The first-order chi connectivity index (χ1) is 12.7. The Bertz CT molecular complexity index is 896. The summed E-state index contributed by atoms with van der Waals surface area (Å²) in [6.07, 6.45) is 4.16. The minimum atomic E-state index is -0.00351. The molecule has 130 valence electrons. The van der Waals surface area contributed by atoms with Crippen LogP contribution >= 0.6 is 0 Å². The Kier molecular flexibility index (Phi) is 4.40. The molecule has 2 heterocycles. The van der Waals surface area contributed by atoms with Gasteiger partial charge in [0.1, 0.15) is 0 Å². The molecule has 0 unspecified atom stereocenters. The predicted octanol–water partition coefficient (Wildman–Crippen LogP) is 4.67. The molecule has 26 heavy (non-hydrogen) atoms. The van der Waals surface area contributed by atoms with E-state index >= 15 is 0 Å². The highest BCUT2D eigenvalue weighted by atomic mass is 16.2. The zero-order valence-corrected chi connectivity index (χ0v) is 14.7. The molecule has 1 aliphatic heterocycles. The van der Waals surface area contributed by atoms with Gasteiger partial charge >= 0.3 is 0 Å². The van der Waals surface area contributed by atoms with Crippen molar-refractivity contribution in [3.05, 3.63) is 90.3 Å². The molecular formula is C22H21N3O. The second kappa shape index (κ2) is 7.00. The molecule has 0 spiro atoms. The van der Waals surface area contributed by atoms with Crippen LogP contribution in [0.1, 0.15) is 35.3 Å². The Morgan fingerprint density at radius 1 is 1.04 bits per heavy atom. The van der Waals surface area contributed by atoms with Gasteiger partial charge in [-0.1, -0.05) is 36.4 Å². The number of amides is 1. The summed E-state index contributed by atoms with van der Waals surface area (Å²) in [6.45, 7) is 2.10. The van der Waals surface area contributed by atoms with Gasteiger partial charge in [-0.25, -0.2) is 0 Å². The molecule has 1 aliphatic rings. The zero-order chi connectivity index (χ0) is 17.9. The summed E-state index contributed by atoms with van der Waals surface area (Å²) < 4.78 is 0. The van der Waals surface area contributed by atoms with E-state index in [4.69, 9.17) is 0 Å². The van der Waals surface area contributed by atoms with Gasteiger partial charge < -0.3 is 10.2 Å². The summed E-state index contributed by atoms with van der Waals surface area (Å²) in [7, 11) is 0. The number of carbonyl (C=O) groups is 1. The number of aromatic nitrogens is 1. The van der Waals surface area contributed by atoms with Crippen molar-refractivity contribution in [2.75, 3.05) is 10.2 Å². The highest BCUT2D eigenvalue weighted by Gasteiger charge is 2.34. The van der Waals surface area contributed by atoms with Crippen LogP contribution in [0.2, 0.25) is 0 Å². The third-order valence-electron chi connectivity index (χ3n) is 4.83. The van der Waals surface area contributed by atoms with Crippen molar-refractivity contribution >= 4 is 17.3 Å². The van der Waals surface area contributed by atoms with Gasteiger partial charge in [-0.2, -0.15) is 0 Å². The van der Waals surface area contributed by atoms with Crippen LogP contribution in [0.25, 0.3) is 0 Å². The number of rotatable bonds is 3. The van der Waals surface area contributed by atoms with Gasteiger partial charge in [0.05, 0.1) is 11.6 Å². The minimum Gasteiger partial charge on any atom is -0.378 e. The topological polar surface area (TPSA) is 45.2 Å². The molecule has 4 heteroatoms. The first kappa shape index (κ1) is 16.3. The smallest absolute Gasteiger partial charge is 0.260 e. The number of benzene rings is 2. The third kappa shape index (κ3) is 3.06. The number of carbonyl (C=O) groups excluding carboxylic acids is 1. The molecule has 0 fully saturated rings. The largest absolute Gasteiger partial charge is 0.378 e. The molecular weight excluding hydrogens is 322 g/mol. The molecule has 2 atom stereocenters. The summed E-state index contributed by atoms with van der Waals surface area (Å²) >= 11 is 0. The van der Waals surface area contributed by atoms with Gasteiger partial charge in [0.15, 0.2) is 0 Å². The molecule has 0 saturated heterocycles. The van der Waals surface area contributed by atoms with Crippen LogP contribution < -0.4 is 10.2 Å². The zero-order valence-electron chi connectivity index (χ0n) is 14.7. The number of hydrogen-bond acceptors (Lipinski definition) is 3. The average molecular weight is 343 g/mol. The summed E-state index contributed by atoms with van der Waals surface area (Å²) in [5.74, 6) is -0.00351. The van der Waals surface area contributed by atoms with Crippen molar-refractivity contribution in [3.63, 3.8) is 0 Å². The molecule has 0 radical (unpaired) electrons. The number of anilines is 2. The summed E-state index contributed by atoms with van der Waals surface area (Å²) in [5.41, 5.74) is 3.82. The molecule has 1 aromatic heterocycles. The number of para-hydroxylation sites is 2. The normalized spacial score (nSPS) is 18.9. The summed E-state index contributed by atoms with van der Waals surface area (Å²) in [6, 6.07) is 22.2. The molecule has 0 saturated carbocycles. The van der Waals surface area contributed by atoms with Crippen LogP contribution in [0.15, 0.2) is 79.1 Å². The number of fused-ring (bicyclic) bond motifs is 1. The highest BCUT2D eigenvalue weighted by molar-refractivity contribution is 6.07. The number of hydrogen-bond donors (Lipinski definition) is 1. The minimum absolute atomic E-state index is 0.00351. The lowest BCUT2D eigenvalue weighted by atomic mass is 9.91. The van der Waals surface area contributed by atoms with Gasteiger partial charge in [0, 0.05) is 29.8 Å². The highest BCUT2D eigenvalue weighted by Crippen LogP contribution is 2.39. The van der Waals surface area contributed by atoms with Crippen LogP contribution in [-0.4, -0.2) is 16.9 Å². The molecule has 1 N–H and O–H groups in total. The van der Waals surface area contributed by atoms with Crippen molar-refractivity contribution in [3.8, 4) is 0 Å². The Balaban J connectivity index is 1.69. The summed E-state index contributed by atoms with van der Waals surface area (Å²) in [4.78, 5) is 19.1. The maximum absolute atomic E-state index is 13.1. The van der Waals surface area contributed by atoms with E-state index < -0.39 is 0 Å². The molecule has 0 aliphatic carbocycles. The predicted molar refractivity (Wildman–Crippen MR) is 104 cm³/mol. The first-order valence-corrected chi connectivity index (χ1v) is 8.88. The standard InChI is InChI=1S/C22H21N3O/c1-16-14-20(24-18-9-3-2-4-10-18)19-11-5-6-12-21(19)25(16)22(26)17-8-7-13-23-15-17/h2-13,15-16,20,24H,14H2,1H3/t16-,20+/m0/s1. The quantitative estimate of drug-likeness (QED) is 0.751. The molecule has 0 bridgehead atoms. The maximum Gasteiger partial charge on any atom is 0.260 e. The van der Waals surface area contributed by atoms with Gasteiger partial charge in [0.25, 0.3) is 5.91 Å². The van der Waals surface area contributed by atoms with Gasteiger partial charge in [0.2, 0.25) is 0 Å². The van der Waals surface area contributed by atoms with Crippen LogP contribution in [0, 0.1) is 0 Å². The Morgan fingerprint density at radius 3 is 2.58 bits per heavy atom. The molecule has 3 aromatic rings. The van der Waals surface area contributed by atoms with E-state index in [1.54, 1.807) is 18.5 Å². The lowest BCUT2D eigenvalue weighted by Gasteiger charge is -2.40. The molecule has 1 amide bonds. The fraction of sp³-hybridized carbons (Fsp3) is 0.182. The fourth-order valence-corrected chi connectivity index (χ4v) is 3.62. The van der Waals surface area contributed by atoms with Crippen molar-refractivity contribution in [2.45, 2.75) is 25.4 Å². The Labute approximate surface area is 153 Å². The van der Waals surface area contributed by atoms with Gasteiger partial charge in [-0.05, 0) is 49.2 Å². The van der Waals surface area contributed by atoms with Crippen LogP contribution in [0.4, 0.5) is 11.4 Å². The van der Waals surface area contributed by atoms with E-state index in [9.17, 15) is 4.79 Å². The molecule has 2 aromatic carbocycles. The third-order valence-corrected chi connectivity index (χ3v) is 4.83. The van der Waals surface area contributed by atoms with Gasteiger partial charge in [-0.3, -0.25) is 9.78 Å². The van der Waals surface area contributed by atoms with E-state index in [2.05, 4.69) is 35.4 Å². The van der Waals surface area contributed by atoms with E-state index in [1.165, 1.54) is 0 Å². The van der Waals surface area contributed by atoms with Crippen LogP contribution in [0.3, 0.4) is 0 Å². The molecule has 4 nitrogen and oxygen atoms in total. The Hall–Kier alpha value is -3.14. The van der Waals surface area contributed by atoms with E-state index in [-0.39, 0.29) is 18.0 Å². The van der Waals surface area contributed by atoms with Crippen molar-refractivity contribution < 1.29 is 4.79 Å². The lowest BCUT2D eigenvalue weighted by molar-refractivity contribution is 0.0974. The van der Waals surface area contributed by atoms with E-state index in [0.717, 1.165) is 23.4 Å². The fourth-order valence-electron chi connectivity index (χ4n) is 3.62. The number of pyridine rings is 1. The lowest BCUT2D eigenvalue weighted by Crippen LogP contribution is -2.44. The molecule has 4 rings (SSSR count). The van der Waals surface area contributed by atoms with Crippen molar-refractivity contribution in [1.82, 2.24) is 4.98 Å². The van der Waals surface area contributed by atoms with E-state index in [0.29, 0.717) is 5.56 Å². The van der Waals surface area contributed by atoms with Gasteiger partial charge in [-0.15, -0.1) is 0 Å². The number of nitrogens with one attached hydrogen (secondary N) is 1. The summed E-state index contributed by atoms with van der Waals surface area (Å²) in [5, 5.41) is 3.62. The van der Waals surface area contributed by atoms with E-state index in [1.807, 2.05) is 47.4 Å². The van der Waals surface area contributed by atoms with Crippen molar-refractivity contribution in [2.24, 2.45) is 0 Å². The van der Waals surface area contributed by atoms with Crippen LogP contribution in [0.5, 0.6) is 0 Å². The second-order valence-corrected chi connectivity index (χ2v) is 6.62. The number of nitrogens with zero attached hydrogens (tertiary/aromatic N) is 2.